The number of ether oxygens (including phenoxy) is 1. The highest BCUT2D eigenvalue weighted by atomic mass is 79.9. The van der Waals surface area contributed by atoms with E-state index in [1.54, 1.807) is 11.0 Å². The number of hydrogen-bond donors (Lipinski definition) is 0. The first kappa shape index (κ1) is 16.7. The molecule has 0 fully saturated rings. The SMILES string of the molecule is CCCOc1ccccc1CN1C(=O)C(=O)c2cc(Br)cc(C)c21. The zero-order valence-corrected chi connectivity index (χ0v) is 15.2. The maximum absolute atomic E-state index is 12.5. The van der Waals surface area contributed by atoms with Crippen molar-refractivity contribution in [1.82, 2.24) is 0 Å². The van der Waals surface area contributed by atoms with Crippen LogP contribution in [0.2, 0.25) is 0 Å². The second-order valence-corrected chi connectivity index (χ2v) is 6.71. The van der Waals surface area contributed by atoms with Gasteiger partial charge in [0.1, 0.15) is 5.75 Å². The predicted molar refractivity (Wildman–Crippen MR) is 96.6 cm³/mol. The molecule has 0 bridgehead atoms. The highest BCUT2D eigenvalue weighted by Gasteiger charge is 2.37. The molecule has 1 amide bonds. The van der Waals surface area contributed by atoms with Crippen LogP contribution in [0.25, 0.3) is 0 Å². The largest absolute Gasteiger partial charge is 0.493 e. The molecule has 124 valence electrons. The molecule has 0 aliphatic carbocycles. The van der Waals surface area contributed by atoms with Gasteiger partial charge in [-0.2, -0.15) is 0 Å². The van der Waals surface area contributed by atoms with Gasteiger partial charge in [0, 0.05) is 10.0 Å². The molecule has 0 unspecified atom stereocenters. The maximum atomic E-state index is 12.5. The Kier molecular flexibility index (Phi) is 4.71. The summed E-state index contributed by atoms with van der Waals surface area (Å²) in [5.41, 5.74) is 2.94. The Morgan fingerprint density at radius 2 is 1.92 bits per heavy atom. The number of rotatable bonds is 5. The number of aryl methyl sites for hydroxylation is 1. The first-order valence-corrected chi connectivity index (χ1v) is 8.69. The number of ketones is 1. The molecule has 1 heterocycles. The highest BCUT2D eigenvalue weighted by molar-refractivity contribution is 9.10. The van der Waals surface area contributed by atoms with Crippen LogP contribution in [-0.4, -0.2) is 18.3 Å². The van der Waals surface area contributed by atoms with Gasteiger partial charge >= 0.3 is 0 Å². The zero-order valence-electron chi connectivity index (χ0n) is 13.6. The summed E-state index contributed by atoms with van der Waals surface area (Å²) in [6, 6.07) is 11.3. The monoisotopic (exact) mass is 387 g/mol. The molecule has 0 spiro atoms. The maximum Gasteiger partial charge on any atom is 0.299 e. The van der Waals surface area contributed by atoms with Crippen molar-refractivity contribution in [2.24, 2.45) is 0 Å². The molecule has 4 nitrogen and oxygen atoms in total. The molecular formula is C19H18BrNO3. The van der Waals surface area contributed by atoms with Crippen LogP contribution in [-0.2, 0) is 11.3 Å². The molecule has 2 aromatic rings. The Balaban J connectivity index is 1.98. The molecule has 0 saturated carbocycles. The van der Waals surface area contributed by atoms with Gasteiger partial charge in [0.25, 0.3) is 11.7 Å². The molecule has 0 N–H and O–H groups in total. The van der Waals surface area contributed by atoms with Gasteiger partial charge in [0.2, 0.25) is 0 Å². The molecule has 1 aliphatic heterocycles. The van der Waals surface area contributed by atoms with Crippen LogP contribution >= 0.6 is 15.9 Å². The number of carbonyl (C=O) groups excluding carboxylic acids is 2. The zero-order chi connectivity index (χ0) is 17.3. The van der Waals surface area contributed by atoms with E-state index in [0.29, 0.717) is 24.4 Å². The lowest BCUT2D eigenvalue weighted by Gasteiger charge is -2.20. The Morgan fingerprint density at radius 1 is 1.17 bits per heavy atom. The summed E-state index contributed by atoms with van der Waals surface area (Å²) in [4.78, 5) is 26.3. The summed E-state index contributed by atoms with van der Waals surface area (Å²) in [6.07, 6.45) is 0.908. The lowest BCUT2D eigenvalue weighted by Crippen LogP contribution is -2.29. The number of halogens is 1. The topological polar surface area (TPSA) is 46.6 Å². The van der Waals surface area contributed by atoms with E-state index in [9.17, 15) is 9.59 Å². The third kappa shape index (κ3) is 2.96. The fourth-order valence-electron chi connectivity index (χ4n) is 2.91. The molecule has 0 aromatic heterocycles. The smallest absolute Gasteiger partial charge is 0.299 e. The van der Waals surface area contributed by atoms with E-state index in [0.717, 1.165) is 27.8 Å². The van der Waals surface area contributed by atoms with Crippen molar-refractivity contribution < 1.29 is 14.3 Å². The summed E-state index contributed by atoms with van der Waals surface area (Å²) in [7, 11) is 0. The summed E-state index contributed by atoms with van der Waals surface area (Å²) >= 11 is 3.39. The Labute approximate surface area is 149 Å². The number of carbonyl (C=O) groups is 2. The average Bonchev–Trinajstić information content (AvgIpc) is 2.79. The normalized spacial score (nSPS) is 13.4. The minimum absolute atomic E-state index is 0.319. The van der Waals surface area contributed by atoms with Crippen LogP contribution in [0.15, 0.2) is 40.9 Å². The summed E-state index contributed by atoms with van der Waals surface area (Å²) < 4.78 is 6.57. The highest BCUT2D eigenvalue weighted by Crippen LogP contribution is 2.36. The molecular weight excluding hydrogens is 370 g/mol. The number of benzene rings is 2. The number of anilines is 1. The number of nitrogens with zero attached hydrogens (tertiary/aromatic N) is 1. The fraction of sp³-hybridized carbons (Fsp3) is 0.263. The van der Waals surface area contributed by atoms with E-state index >= 15 is 0 Å². The lowest BCUT2D eigenvalue weighted by molar-refractivity contribution is -0.114. The molecule has 0 radical (unpaired) electrons. The first-order valence-electron chi connectivity index (χ1n) is 7.90. The Bertz CT molecular complexity index is 816. The van der Waals surface area contributed by atoms with Gasteiger partial charge in [-0.1, -0.05) is 41.1 Å². The average molecular weight is 388 g/mol. The fourth-order valence-corrected chi connectivity index (χ4v) is 3.49. The number of para-hydroxylation sites is 1. The van der Waals surface area contributed by atoms with E-state index in [1.807, 2.05) is 44.2 Å². The standard InChI is InChI=1S/C19H18BrNO3/c1-3-8-24-16-7-5-4-6-13(16)11-21-17-12(2)9-14(20)10-15(17)18(22)19(21)23/h4-7,9-10H,3,8,11H2,1-2H3. The van der Waals surface area contributed by atoms with Gasteiger partial charge in [-0.3, -0.25) is 14.5 Å². The van der Waals surface area contributed by atoms with Crippen LogP contribution in [0.5, 0.6) is 5.75 Å². The molecule has 5 heteroatoms. The van der Waals surface area contributed by atoms with Gasteiger partial charge in [-0.15, -0.1) is 0 Å². The van der Waals surface area contributed by atoms with Crippen LogP contribution in [0, 0.1) is 6.92 Å². The molecule has 2 aromatic carbocycles. The van der Waals surface area contributed by atoms with E-state index in [-0.39, 0.29) is 0 Å². The molecule has 0 saturated heterocycles. The van der Waals surface area contributed by atoms with Crippen LogP contribution in [0.3, 0.4) is 0 Å². The minimum atomic E-state index is -0.489. The number of fused-ring (bicyclic) bond motifs is 1. The van der Waals surface area contributed by atoms with Crippen molar-refractivity contribution in [2.45, 2.75) is 26.8 Å². The van der Waals surface area contributed by atoms with Crippen LogP contribution in [0.1, 0.15) is 34.8 Å². The van der Waals surface area contributed by atoms with Crippen LogP contribution in [0.4, 0.5) is 5.69 Å². The third-order valence-electron chi connectivity index (χ3n) is 3.98. The molecule has 0 atom stereocenters. The molecule has 24 heavy (non-hydrogen) atoms. The van der Waals surface area contributed by atoms with Crippen molar-refractivity contribution in [2.75, 3.05) is 11.5 Å². The lowest BCUT2D eigenvalue weighted by atomic mass is 10.1. The number of hydrogen-bond acceptors (Lipinski definition) is 3. The summed E-state index contributed by atoms with van der Waals surface area (Å²) in [6.45, 7) is 4.89. The number of Topliss-reactive ketones (excluding diaryl/α,β-unsaturated/α-hetero) is 1. The third-order valence-corrected chi connectivity index (χ3v) is 4.44. The van der Waals surface area contributed by atoms with E-state index < -0.39 is 11.7 Å². The predicted octanol–water partition coefficient (Wildman–Crippen LogP) is 4.28. The van der Waals surface area contributed by atoms with Crippen LogP contribution < -0.4 is 9.64 Å². The van der Waals surface area contributed by atoms with E-state index in [2.05, 4.69) is 15.9 Å². The van der Waals surface area contributed by atoms with Crippen molar-refractivity contribution in [3.8, 4) is 5.75 Å². The van der Waals surface area contributed by atoms with Crippen molar-refractivity contribution in [3.63, 3.8) is 0 Å². The van der Waals surface area contributed by atoms with Gasteiger partial charge in [-0.25, -0.2) is 0 Å². The molecule has 3 rings (SSSR count). The van der Waals surface area contributed by atoms with Crippen molar-refractivity contribution in [1.29, 1.82) is 0 Å². The van der Waals surface area contributed by atoms with Crippen molar-refractivity contribution >= 4 is 33.3 Å². The quantitative estimate of drug-likeness (QED) is 0.719. The first-order chi connectivity index (χ1) is 11.5. The second kappa shape index (κ2) is 6.77. The Morgan fingerprint density at radius 3 is 2.67 bits per heavy atom. The number of amides is 1. The Hall–Kier alpha value is -2.14. The van der Waals surface area contributed by atoms with Gasteiger partial charge in [0.15, 0.2) is 0 Å². The van der Waals surface area contributed by atoms with Gasteiger partial charge in [0.05, 0.1) is 24.4 Å². The minimum Gasteiger partial charge on any atom is -0.493 e. The van der Waals surface area contributed by atoms with E-state index in [1.165, 1.54) is 0 Å². The van der Waals surface area contributed by atoms with Gasteiger partial charge < -0.3 is 4.74 Å². The van der Waals surface area contributed by atoms with Gasteiger partial charge in [-0.05, 0) is 37.1 Å². The van der Waals surface area contributed by atoms with Crippen molar-refractivity contribution in [3.05, 3.63) is 57.6 Å². The summed E-state index contributed by atoms with van der Waals surface area (Å²) in [5, 5.41) is 0. The summed E-state index contributed by atoms with van der Waals surface area (Å²) in [5.74, 6) is -0.194. The second-order valence-electron chi connectivity index (χ2n) is 5.80. The van der Waals surface area contributed by atoms with E-state index in [4.69, 9.17) is 4.74 Å². The molecule has 1 aliphatic rings.